The molecule has 0 aromatic rings. The SMILES string of the molecule is C=CCN(CCO)CC(C)(C)CNCC. The van der Waals surface area contributed by atoms with E-state index >= 15 is 0 Å². The molecule has 0 aromatic carbocycles. The maximum absolute atomic E-state index is 8.94. The molecule has 0 heterocycles. The number of hydrogen-bond acceptors (Lipinski definition) is 3. The molecular formula is C12H26N2O. The van der Waals surface area contributed by atoms with E-state index in [-0.39, 0.29) is 12.0 Å². The molecule has 0 aliphatic carbocycles. The maximum atomic E-state index is 8.94. The van der Waals surface area contributed by atoms with Gasteiger partial charge >= 0.3 is 0 Å². The first-order chi connectivity index (χ1) is 7.05. The van der Waals surface area contributed by atoms with Gasteiger partial charge in [0.1, 0.15) is 0 Å². The largest absolute Gasteiger partial charge is 0.395 e. The van der Waals surface area contributed by atoms with Gasteiger partial charge in [0, 0.05) is 26.2 Å². The summed E-state index contributed by atoms with van der Waals surface area (Å²) >= 11 is 0. The molecule has 0 fully saturated rings. The second-order valence-electron chi connectivity index (χ2n) is 4.69. The van der Waals surface area contributed by atoms with E-state index in [9.17, 15) is 0 Å². The quantitative estimate of drug-likeness (QED) is 0.564. The van der Waals surface area contributed by atoms with Crippen LogP contribution < -0.4 is 5.32 Å². The topological polar surface area (TPSA) is 35.5 Å². The van der Waals surface area contributed by atoms with E-state index in [1.165, 1.54) is 0 Å². The summed E-state index contributed by atoms with van der Waals surface area (Å²) in [6.45, 7) is 15.1. The summed E-state index contributed by atoms with van der Waals surface area (Å²) in [7, 11) is 0. The summed E-state index contributed by atoms with van der Waals surface area (Å²) in [5.41, 5.74) is 0.230. The summed E-state index contributed by atoms with van der Waals surface area (Å²) in [5, 5.41) is 12.3. The molecule has 3 nitrogen and oxygen atoms in total. The highest BCUT2D eigenvalue weighted by Crippen LogP contribution is 2.15. The zero-order valence-corrected chi connectivity index (χ0v) is 10.4. The fraction of sp³-hybridized carbons (Fsp3) is 0.833. The van der Waals surface area contributed by atoms with Crippen molar-refractivity contribution in [3.8, 4) is 0 Å². The van der Waals surface area contributed by atoms with Gasteiger partial charge in [-0.25, -0.2) is 0 Å². The van der Waals surface area contributed by atoms with Crippen LogP contribution in [0.2, 0.25) is 0 Å². The molecule has 0 rings (SSSR count). The molecule has 0 aliphatic heterocycles. The lowest BCUT2D eigenvalue weighted by atomic mass is 9.92. The molecule has 3 heteroatoms. The van der Waals surface area contributed by atoms with Crippen LogP contribution in [0.4, 0.5) is 0 Å². The molecule has 0 amide bonds. The summed E-state index contributed by atoms with van der Waals surface area (Å²) in [6, 6.07) is 0. The van der Waals surface area contributed by atoms with E-state index in [1.807, 2.05) is 6.08 Å². The Morgan fingerprint density at radius 2 is 2.13 bits per heavy atom. The molecule has 0 atom stereocenters. The lowest BCUT2D eigenvalue weighted by molar-refractivity contribution is 0.154. The highest BCUT2D eigenvalue weighted by Gasteiger charge is 2.20. The van der Waals surface area contributed by atoms with Gasteiger partial charge in [0.2, 0.25) is 0 Å². The molecule has 0 unspecified atom stereocenters. The number of hydrogen-bond donors (Lipinski definition) is 2. The van der Waals surface area contributed by atoms with Crippen LogP contribution >= 0.6 is 0 Å². The van der Waals surface area contributed by atoms with Crippen molar-refractivity contribution in [2.24, 2.45) is 5.41 Å². The van der Waals surface area contributed by atoms with Crippen molar-refractivity contribution in [1.82, 2.24) is 10.2 Å². The van der Waals surface area contributed by atoms with E-state index in [2.05, 4.69) is 37.6 Å². The second kappa shape index (κ2) is 7.85. The van der Waals surface area contributed by atoms with Gasteiger partial charge in [-0.3, -0.25) is 4.90 Å². The van der Waals surface area contributed by atoms with Crippen molar-refractivity contribution >= 4 is 0 Å². The van der Waals surface area contributed by atoms with Gasteiger partial charge in [-0.15, -0.1) is 6.58 Å². The van der Waals surface area contributed by atoms with Crippen LogP contribution in [-0.4, -0.2) is 49.3 Å². The van der Waals surface area contributed by atoms with E-state index in [0.29, 0.717) is 0 Å². The molecule has 2 N–H and O–H groups in total. The highest BCUT2D eigenvalue weighted by molar-refractivity contribution is 4.80. The smallest absolute Gasteiger partial charge is 0.0558 e. The van der Waals surface area contributed by atoms with E-state index in [0.717, 1.165) is 32.7 Å². The Bertz CT molecular complexity index is 169. The minimum Gasteiger partial charge on any atom is -0.395 e. The van der Waals surface area contributed by atoms with Gasteiger partial charge < -0.3 is 10.4 Å². The third-order valence-electron chi connectivity index (χ3n) is 2.31. The minimum atomic E-state index is 0.213. The molecular weight excluding hydrogens is 188 g/mol. The first kappa shape index (κ1) is 14.6. The van der Waals surface area contributed by atoms with E-state index in [4.69, 9.17) is 5.11 Å². The van der Waals surface area contributed by atoms with Crippen molar-refractivity contribution < 1.29 is 5.11 Å². The molecule has 0 bridgehead atoms. The average molecular weight is 214 g/mol. The summed E-state index contributed by atoms with van der Waals surface area (Å²) in [6.07, 6.45) is 1.89. The van der Waals surface area contributed by atoms with Gasteiger partial charge in [0.15, 0.2) is 0 Å². The highest BCUT2D eigenvalue weighted by atomic mass is 16.3. The number of aliphatic hydroxyl groups is 1. The zero-order chi connectivity index (χ0) is 11.7. The van der Waals surface area contributed by atoms with Crippen LogP contribution in [-0.2, 0) is 0 Å². The third kappa shape index (κ3) is 7.54. The van der Waals surface area contributed by atoms with Gasteiger partial charge in [-0.05, 0) is 12.0 Å². The number of aliphatic hydroxyl groups excluding tert-OH is 1. The van der Waals surface area contributed by atoms with Crippen molar-refractivity contribution in [2.75, 3.05) is 39.3 Å². The maximum Gasteiger partial charge on any atom is 0.0558 e. The molecule has 0 spiro atoms. The lowest BCUT2D eigenvalue weighted by Gasteiger charge is -2.32. The van der Waals surface area contributed by atoms with Crippen molar-refractivity contribution in [3.63, 3.8) is 0 Å². The average Bonchev–Trinajstić information content (AvgIpc) is 2.15. The molecule has 0 saturated carbocycles. The first-order valence-corrected chi connectivity index (χ1v) is 5.70. The molecule has 15 heavy (non-hydrogen) atoms. The number of rotatable bonds is 9. The molecule has 0 saturated heterocycles. The fourth-order valence-electron chi connectivity index (χ4n) is 1.68. The van der Waals surface area contributed by atoms with Crippen LogP contribution in [0, 0.1) is 5.41 Å². The third-order valence-corrected chi connectivity index (χ3v) is 2.31. The molecule has 0 aromatic heterocycles. The van der Waals surface area contributed by atoms with Gasteiger partial charge in [-0.1, -0.05) is 26.8 Å². The Morgan fingerprint density at radius 3 is 2.60 bits per heavy atom. The molecule has 0 radical (unpaired) electrons. The monoisotopic (exact) mass is 214 g/mol. The van der Waals surface area contributed by atoms with Gasteiger partial charge in [0.05, 0.1) is 6.61 Å². The number of nitrogens with zero attached hydrogens (tertiary/aromatic N) is 1. The first-order valence-electron chi connectivity index (χ1n) is 5.70. The van der Waals surface area contributed by atoms with Crippen LogP contribution in [0.3, 0.4) is 0 Å². The van der Waals surface area contributed by atoms with Crippen molar-refractivity contribution in [2.45, 2.75) is 20.8 Å². The Hall–Kier alpha value is -0.380. The Balaban J connectivity index is 4.04. The predicted octanol–water partition coefficient (Wildman–Crippen LogP) is 1.10. The molecule has 90 valence electrons. The fourth-order valence-corrected chi connectivity index (χ4v) is 1.68. The van der Waals surface area contributed by atoms with Gasteiger partial charge in [-0.2, -0.15) is 0 Å². The Morgan fingerprint density at radius 1 is 1.47 bits per heavy atom. The Kier molecular flexibility index (Phi) is 7.65. The van der Waals surface area contributed by atoms with Crippen LogP contribution in [0.25, 0.3) is 0 Å². The lowest BCUT2D eigenvalue weighted by Crippen LogP contribution is -2.41. The second-order valence-corrected chi connectivity index (χ2v) is 4.69. The van der Waals surface area contributed by atoms with Crippen molar-refractivity contribution in [3.05, 3.63) is 12.7 Å². The van der Waals surface area contributed by atoms with Gasteiger partial charge in [0.25, 0.3) is 0 Å². The summed E-state index contributed by atoms with van der Waals surface area (Å²) < 4.78 is 0. The van der Waals surface area contributed by atoms with Crippen LogP contribution in [0.15, 0.2) is 12.7 Å². The standard InChI is InChI=1S/C12H26N2O/c1-5-7-14(8-9-15)11-12(3,4)10-13-6-2/h5,13,15H,1,6-11H2,2-4H3. The minimum absolute atomic E-state index is 0.213. The van der Waals surface area contributed by atoms with E-state index < -0.39 is 0 Å². The van der Waals surface area contributed by atoms with Crippen LogP contribution in [0.5, 0.6) is 0 Å². The summed E-state index contributed by atoms with van der Waals surface area (Å²) in [5.74, 6) is 0. The van der Waals surface area contributed by atoms with Crippen molar-refractivity contribution in [1.29, 1.82) is 0 Å². The molecule has 0 aliphatic rings. The summed E-state index contributed by atoms with van der Waals surface area (Å²) in [4.78, 5) is 2.23. The number of nitrogens with one attached hydrogen (secondary N) is 1. The normalized spacial score (nSPS) is 12.1. The van der Waals surface area contributed by atoms with Crippen LogP contribution in [0.1, 0.15) is 20.8 Å². The predicted molar refractivity (Wildman–Crippen MR) is 66.0 cm³/mol. The zero-order valence-electron chi connectivity index (χ0n) is 10.4. The van der Waals surface area contributed by atoms with E-state index in [1.54, 1.807) is 0 Å². The Labute approximate surface area is 94.2 Å².